The third-order valence-electron chi connectivity index (χ3n) is 4.44. The smallest absolute Gasteiger partial charge is 0.293 e. The summed E-state index contributed by atoms with van der Waals surface area (Å²) in [6, 6.07) is 2.42. The Labute approximate surface area is 133 Å². The van der Waals surface area contributed by atoms with Crippen molar-refractivity contribution < 1.29 is 4.79 Å². The first-order valence-electron chi connectivity index (χ1n) is 7.77. The molecule has 0 aromatic carbocycles. The molecule has 1 fully saturated rings. The number of amides is 1. The van der Waals surface area contributed by atoms with E-state index in [9.17, 15) is 4.79 Å². The zero-order valence-electron chi connectivity index (χ0n) is 12.4. The fourth-order valence-corrected chi connectivity index (χ4v) is 4.06. The average Bonchev–Trinajstić information content (AvgIpc) is 3.23. The monoisotopic (exact) mass is 317 g/mol. The van der Waals surface area contributed by atoms with Gasteiger partial charge in [-0.3, -0.25) is 4.79 Å². The van der Waals surface area contributed by atoms with Gasteiger partial charge in [0.2, 0.25) is 5.82 Å². The second-order valence-corrected chi connectivity index (χ2v) is 6.89. The van der Waals surface area contributed by atoms with Crippen LogP contribution in [0.25, 0.3) is 0 Å². The molecule has 1 atom stereocenters. The molecule has 116 valence electrons. The summed E-state index contributed by atoms with van der Waals surface area (Å²) in [5.41, 5.74) is 1.26. The van der Waals surface area contributed by atoms with Crippen LogP contribution in [0.3, 0.4) is 0 Å². The number of piperidine rings is 1. The molecular formula is C15H19N5OS. The summed E-state index contributed by atoms with van der Waals surface area (Å²) in [5, 5.41) is 9.89. The number of nitrogens with one attached hydrogen (secondary N) is 1. The summed E-state index contributed by atoms with van der Waals surface area (Å²) in [5.74, 6) is 0.267. The van der Waals surface area contributed by atoms with Gasteiger partial charge in [-0.05, 0) is 42.8 Å². The summed E-state index contributed by atoms with van der Waals surface area (Å²) in [6.07, 6.45) is 4.86. The molecule has 1 saturated heterocycles. The number of hydrogen-bond acceptors (Lipinski definition) is 5. The van der Waals surface area contributed by atoms with E-state index >= 15 is 0 Å². The van der Waals surface area contributed by atoms with Crippen molar-refractivity contribution in [2.75, 3.05) is 19.6 Å². The van der Waals surface area contributed by atoms with Crippen LogP contribution >= 0.6 is 11.3 Å². The Bertz CT molecular complexity index is 673. The summed E-state index contributed by atoms with van der Waals surface area (Å²) < 4.78 is 1.85. The molecule has 1 amide bonds. The lowest BCUT2D eigenvalue weighted by Gasteiger charge is -2.26. The quantitative estimate of drug-likeness (QED) is 0.911. The van der Waals surface area contributed by atoms with Gasteiger partial charge in [0.15, 0.2) is 0 Å². The molecule has 7 heteroatoms. The van der Waals surface area contributed by atoms with Crippen molar-refractivity contribution in [3.05, 3.63) is 34.0 Å². The summed E-state index contributed by atoms with van der Waals surface area (Å²) in [4.78, 5) is 20.1. The first kappa shape index (κ1) is 13.9. The van der Waals surface area contributed by atoms with Crippen molar-refractivity contribution in [1.29, 1.82) is 0 Å². The van der Waals surface area contributed by atoms with Crippen molar-refractivity contribution in [1.82, 2.24) is 25.0 Å². The van der Waals surface area contributed by atoms with Crippen LogP contribution in [0.15, 0.2) is 17.8 Å². The van der Waals surface area contributed by atoms with Crippen molar-refractivity contribution in [3.63, 3.8) is 0 Å². The van der Waals surface area contributed by atoms with Gasteiger partial charge in [-0.1, -0.05) is 0 Å². The van der Waals surface area contributed by atoms with Crippen LogP contribution in [0.1, 0.15) is 39.9 Å². The highest BCUT2D eigenvalue weighted by molar-refractivity contribution is 7.10. The van der Waals surface area contributed by atoms with Gasteiger partial charge < -0.3 is 10.2 Å². The minimum atomic E-state index is -0.0561. The fourth-order valence-electron chi connectivity index (χ4n) is 3.17. The predicted molar refractivity (Wildman–Crippen MR) is 83.9 cm³/mol. The Kier molecular flexibility index (Phi) is 3.67. The zero-order chi connectivity index (χ0) is 14.9. The molecule has 2 aliphatic heterocycles. The number of rotatable bonds is 2. The van der Waals surface area contributed by atoms with E-state index < -0.39 is 0 Å². The second-order valence-electron chi connectivity index (χ2n) is 5.89. The minimum Gasteiger partial charge on any atom is -0.331 e. The third kappa shape index (κ3) is 2.55. The fraction of sp³-hybridized carbons (Fsp3) is 0.533. The van der Waals surface area contributed by atoms with Crippen LogP contribution in [0.2, 0.25) is 0 Å². The van der Waals surface area contributed by atoms with E-state index in [0.717, 1.165) is 38.9 Å². The first-order chi connectivity index (χ1) is 10.8. The van der Waals surface area contributed by atoms with Gasteiger partial charge in [-0.2, -0.15) is 0 Å². The van der Waals surface area contributed by atoms with Gasteiger partial charge >= 0.3 is 0 Å². The summed E-state index contributed by atoms with van der Waals surface area (Å²) in [6.45, 7) is 3.40. The Morgan fingerprint density at radius 2 is 2.41 bits per heavy atom. The van der Waals surface area contributed by atoms with Crippen LogP contribution in [0.5, 0.6) is 0 Å². The lowest BCUT2D eigenvalue weighted by atomic mass is 10.1. The van der Waals surface area contributed by atoms with Crippen LogP contribution < -0.4 is 5.32 Å². The zero-order valence-corrected chi connectivity index (χ0v) is 13.2. The number of carbonyl (C=O) groups excluding carboxylic acids is 1. The van der Waals surface area contributed by atoms with Crippen LogP contribution in [0.4, 0.5) is 0 Å². The maximum atomic E-state index is 12.6. The van der Waals surface area contributed by atoms with Gasteiger partial charge in [0.1, 0.15) is 6.33 Å². The predicted octanol–water partition coefficient (Wildman–Crippen LogP) is 1.46. The maximum absolute atomic E-state index is 12.6. The maximum Gasteiger partial charge on any atom is 0.293 e. The number of thiophene rings is 1. The van der Waals surface area contributed by atoms with Crippen molar-refractivity contribution in [2.24, 2.45) is 0 Å². The van der Waals surface area contributed by atoms with Gasteiger partial charge in [0.05, 0.1) is 6.04 Å². The summed E-state index contributed by atoms with van der Waals surface area (Å²) in [7, 11) is 0. The number of hydrogen-bond donors (Lipinski definition) is 1. The first-order valence-corrected chi connectivity index (χ1v) is 8.65. The molecule has 22 heavy (non-hydrogen) atoms. The van der Waals surface area contributed by atoms with Crippen LogP contribution in [0, 0.1) is 0 Å². The van der Waals surface area contributed by atoms with Gasteiger partial charge in [-0.15, -0.1) is 16.4 Å². The minimum absolute atomic E-state index is 0.0561. The molecule has 2 aromatic heterocycles. The highest BCUT2D eigenvalue weighted by Crippen LogP contribution is 2.24. The van der Waals surface area contributed by atoms with E-state index in [1.165, 1.54) is 10.4 Å². The van der Waals surface area contributed by atoms with E-state index in [1.807, 2.05) is 9.58 Å². The molecule has 1 unspecified atom stereocenters. The highest BCUT2D eigenvalue weighted by Gasteiger charge is 2.26. The molecule has 4 rings (SSSR count). The topological polar surface area (TPSA) is 63.1 Å². The number of aromatic nitrogens is 3. The highest BCUT2D eigenvalue weighted by atomic mass is 32.1. The number of nitrogens with zero attached hydrogens (tertiary/aromatic N) is 4. The normalized spacial score (nSPS) is 21.6. The van der Waals surface area contributed by atoms with Crippen LogP contribution in [-0.4, -0.2) is 45.2 Å². The molecular weight excluding hydrogens is 298 g/mol. The van der Waals surface area contributed by atoms with E-state index in [-0.39, 0.29) is 5.91 Å². The van der Waals surface area contributed by atoms with E-state index in [2.05, 4.69) is 26.8 Å². The second kappa shape index (κ2) is 5.81. The Morgan fingerprint density at radius 3 is 3.27 bits per heavy atom. The van der Waals surface area contributed by atoms with Gasteiger partial charge in [-0.25, -0.2) is 9.67 Å². The lowest BCUT2D eigenvalue weighted by Crippen LogP contribution is -2.36. The molecule has 0 radical (unpaired) electrons. The average molecular weight is 317 g/mol. The third-order valence-corrected chi connectivity index (χ3v) is 5.46. The molecule has 0 spiro atoms. The molecule has 0 bridgehead atoms. The molecule has 0 aliphatic carbocycles. The number of carbonyl (C=O) groups is 1. The molecule has 2 aliphatic rings. The number of fused-ring (bicyclic) bond motifs is 1. The Morgan fingerprint density at radius 1 is 1.45 bits per heavy atom. The molecule has 2 aromatic rings. The van der Waals surface area contributed by atoms with Gasteiger partial charge in [0, 0.05) is 24.5 Å². The largest absolute Gasteiger partial charge is 0.331 e. The van der Waals surface area contributed by atoms with Crippen molar-refractivity contribution in [2.45, 2.75) is 31.8 Å². The molecule has 0 saturated carbocycles. The Hall–Kier alpha value is -1.73. The Balaban J connectivity index is 1.48. The van der Waals surface area contributed by atoms with E-state index in [4.69, 9.17) is 0 Å². The van der Waals surface area contributed by atoms with Crippen molar-refractivity contribution in [3.8, 4) is 0 Å². The molecule has 6 nitrogen and oxygen atoms in total. The SMILES string of the molecule is O=C(c1ncn(C2CCCNC2)n1)N1CCc2sccc2C1. The van der Waals surface area contributed by atoms with E-state index in [0.29, 0.717) is 18.4 Å². The standard InChI is InChI=1S/C15H19N5OS/c21-15(19-6-3-13-11(9-19)4-7-22-13)14-17-10-20(18-14)12-2-1-5-16-8-12/h4,7,10,12,16H,1-3,5-6,8-9H2. The van der Waals surface area contributed by atoms with Gasteiger partial charge in [0.25, 0.3) is 5.91 Å². The molecule has 1 N–H and O–H groups in total. The summed E-state index contributed by atoms with van der Waals surface area (Å²) >= 11 is 1.78. The van der Waals surface area contributed by atoms with E-state index in [1.54, 1.807) is 17.7 Å². The van der Waals surface area contributed by atoms with Crippen molar-refractivity contribution >= 4 is 17.2 Å². The van der Waals surface area contributed by atoms with Crippen LogP contribution in [-0.2, 0) is 13.0 Å². The lowest BCUT2D eigenvalue weighted by molar-refractivity contribution is 0.0722. The molecule has 4 heterocycles.